The van der Waals surface area contributed by atoms with Gasteiger partial charge in [-0.3, -0.25) is 14.4 Å². The third-order valence-corrected chi connectivity index (χ3v) is 12.9. The van der Waals surface area contributed by atoms with Crippen LogP contribution in [0.3, 0.4) is 0 Å². The predicted octanol–water partition coefficient (Wildman–Crippen LogP) is 21.2. The van der Waals surface area contributed by atoms with Crippen molar-refractivity contribution in [3.05, 3.63) is 122 Å². The number of hydrogen-bond acceptors (Lipinski definition) is 6. The molecule has 6 heteroatoms. The molecular weight excluding hydrogens is 925 g/mol. The average molecular weight is 1040 g/mol. The van der Waals surface area contributed by atoms with E-state index in [0.717, 1.165) is 141 Å². The lowest BCUT2D eigenvalue weighted by Gasteiger charge is -2.18. The Morgan fingerprint density at radius 3 is 0.893 bits per heavy atom. The van der Waals surface area contributed by atoms with Gasteiger partial charge in [0, 0.05) is 19.3 Å². The lowest BCUT2D eigenvalue weighted by atomic mass is 10.0. The van der Waals surface area contributed by atoms with E-state index >= 15 is 0 Å². The summed E-state index contributed by atoms with van der Waals surface area (Å²) in [5.74, 6) is -0.934. The average Bonchev–Trinajstić information content (AvgIpc) is 3.41. The molecular formula is C69H114O6. The molecule has 1 unspecified atom stereocenters. The van der Waals surface area contributed by atoms with Gasteiger partial charge in [0.1, 0.15) is 13.2 Å². The molecule has 0 radical (unpaired) electrons. The molecule has 75 heavy (non-hydrogen) atoms. The van der Waals surface area contributed by atoms with Crippen LogP contribution in [0.4, 0.5) is 0 Å². The predicted molar refractivity (Wildman–Crippen MR) is 325 cm³/mol. The molecule has 0 heterocycles. The lowest BCUT2D eigenvalue weighted by Crippen LogP contribution is -2.30. The zero-order valence-corrected chi connectivity index (χ0v) is 48.8. The summed E-state index contributed by atoms with van der Waals surface area (Å²) in [5, 5.41) is 0. The molecule has 6 nitrogen and oxygen atoms in total. The van der Waals surface area contributed by atoms with Gasteiger partial charge in [-0.25, -0.2) is 0 Å². The number of allylic oxidation sites excluding steroid dienone is 20. The highest BCUT2D eigenvalue weighted by Gasteiger charge is 2.19. The van der Waals surface area contributed by atoms with Gasteiger partial charge >= 0.3 is 17.9 Å². The molecule has 1 atom stereocenters. The summed E-state index contributed by atoms with van der Waals surface area (Å²) in [6.07, 6.45) is 86.4. The minimum atomic E-state index is -0.796. The first kappa shape index (κ1) is 70.8. The largest absolute Gasteiger partial charge is 0.462 e. The smallest absolute Gasteiger partial charge is 0.306 e. The second kappa shape index (κ2) is 62.4. The van der Waals surface area contributed by atoms with Crippen molar-refractivity contribution in [2.24, 2.45) is 0 Å². The van der Waals surface area contributed by atoms with Crippen molar-refractivity contribution in [2.75, 3.05) is 13.2 Å². The fraction of sp³-hybridized carbons (Fsp3) is 0.667. The van der Waals surface area contributed by atoms with E-state index in [1.165, 1.54) is 96.3 Å². The number of ether oxygens (including phenoxy) is 3. The van der Waals surface area contributed by atoms with Gasteiger partial charge in [-0.1, -0.05) is 271 Å². The van der Waals surface area contributed by atoms with Crippen molar-refractivity contribution in [2.45, 2.75) is 284 Å². The summed E-state index contributed by atoms with van der Waals surface area (Å²) >= 11 is 0. The fourth-order valence-electron chi connectivity index (χ4n) is 8.32. The molecule has 0 fully saturated rings. The van der Waals surface area contributed by atoms with Gasteiger partial charge in [-0.2, -0.15) is 0 Å². The van der Waals surface area contributed by atoms with Crippen molar-refractivity contribution in [3.63, 3.8) is 0 Å². The summed E-state index contributed by atoms with van der Waals surface area (Å²) in [5.41, 5.74) is 0. The summed E-state index contributed by atoms with van der Waals surface area (Å²) in [6.45, 7) is 6.44. The minimum absolute atomic E-state index is 0.0931. The zero-order chi connectivity index (χ0) is 54.3. The van der Waals surface area contributed by atoms with E-state index in [2.05, 4.69) is 142 Å². The van der Waals surface area contributed by atoms with Crippen molar-refractivity contribution in [1.29, 1.82) is 0 Å². The van der Waals surface area contributed by atoms with Gasteiger partial charge in [-0.15, -0.1) is 0 Å². The number of carbonyl (C=O) groups excluding carboxylic acids is 3. The summed E-state index contributed by atoms with van der Waals surface area (Å²) in [4.78, 5) is 38.1. The van der Waals surface area contributed by atoms with E-state index < -0.39 is 6.10 Å². The van der Waals surface area contributed by atoms with E-state index in [1.807, 2.05) is 0 Å². The second-order valence-electron chi connectivity index (χ2n) is 20.2. The van der Waals surface area contributed by atoms with Crippen molar-refractivity contribution < 1.29 is 28.6 Å². The molecule has 0 N–H and O–H groups in total. The third-order valence-electron chi connectivity index (χ3n) is 12.9. The Kier molecular flexibility index (Phi) is 58.9. The minimum Gasteiger partial charge on any atom is -0.462 e. The maximum Gasteiger partial charge on any atom is 0.306 e. The normalized spacial score (nSPS) is 12.9. The van der Waals surface area contributed by atoms with Gasteiger partial charge in [0.2, 0.25) is 0 Å². The number of unbranched alkanes of at least 4 members (excludes halogenated alkanes) is 24. The quantitative estimate of drug-likeness (QED) is 0.0261. The molecule has 0 aromatic rings. The molecule has 0 bridgehead atoms. The Bertz CT molecular complexity index is 1570. The summed E-state index contributed by atoms with van der Waals surface area (Å²) in [7, 11) is 0. The molecule has 0 rings (SSSR count). The highest BCUT2D eigenvalue weighted by molar-refractivity contribution is 5.71. The molecule has 0 amide bonds. The maximum absolute atomic E-state index is 12.9. The molecule has 0 saturated carbocycles. The summed E-state index contributed by atoms with van der Waals surface area (Å²) in [6, 6.07) is 0. The highest BCUT2D eigenvalue weighted by Crippen LogP contribution is 2.16. The number of carbonyl (C=O) groups is 3. The van der Waals surface area contributed by atoms with Gasteiger partial charge in [0.05, 0.1) is 0 Å². The molecule has 0 aromatic heterocycles. The van der Waals surface area contributed by atoms with E-state index in [9.17, 15) is 14.4 Å². The van der Waals surface area contributed by atoms with Crippen LogP contribution in [-0.4, -0.2) is 37.2 Å². The van der Waals surface area contributed by atoms with Crippen molar-refractivity contribution in [3.8, 4) is 0 Å². The molecule has 0 aliphatic carbocycles. The van der Waals surface area contributed by atoms with Crippen LogP contribution in [0.2, 0.25) is 0 Å². The van der Waals surface area contributed by atoms with Gasteiger partial charge in [0.15, 0.2) is 6.10 Å². The zero-order valence-electron chi connectivity index (χ0n) is 48.8. The van der Waals surface area contributed by atoms with Crippen LogP contribution in [-0.2, 0) is 28.6 Å². The van der Waals surface area contributed by atoms with Gasteiger partial charge in [0.25, 0.3) is 0 Å². The molecule has 0 aromatic carbocycles. The van der Waals surface area contributed by atoms with E-state index in [-0.39, 0.29) is 31.1 Å². The lowest BCUT2D eigenvalue weighted by molar-refractivity contribution is -0.167. The van der Waals surface area contributed by atoms with Crippen molar-refractivity contribution >= 4 is 17.9 Å². The third kappa shape index (κ3) is 60.6. The van der Waals surface area contributed by atoms with E-state index in [0.29, 0.717) is 19.3 Å². The molecule has 0 aliphatic rings. The van der Waals surface area contributed by atoms with Crippen LogP contribution in [0.25, 0.3) is 0 Å². The Morgan fingerprint density at radius 2 is 0.547 bits per heavy atom. The number of hydrogen-bond donors (Lipinski definition) is 0. The second-order valence-corrected chi connectivity index (χ2v) is 20.2. The Labute approximate surface area is 462 Å². The monoisotopic (exact) mass is 1040 g/mol. The molecule has 0 saturated heterocycles. The summed E-state index contributed by atoms with van der Waals surface area (Å²) < 4.78 is 16.8. The first-order valence-electron chi connectivity index (χ1n) is 31.0. The Hall–Kier alpha value is -4.19. The molecule has 0 aliphatic heterocycles. The highest BCUT2D eigenvalue weighted by atomic mass is 16.6. The maximum atomic E-state index is 12.9. The number of esters is 3. The topological polar surface area (TPSA) is 78.9 Å². The van der Waals surface area contributed by atoms with Crippen molar-refractivity contribution in [1.82, 2.24) is 0 Å². The van der Waals surface area contributed by atoms with Crippen LogP contribution in [0.5, 0.6) is 0 Å². The Morgan fingerprint density at radius 1 is 0.280 bits per heavy atom. The van der Waals surface area contributed by atoms with Crippen LogP contribution in [0.15, 0.2) is 122 Å². The van der Waals surface area contributed by atoms with Gasteiger partial charge in [-0.05, 0) is 109 Å². The molecule has 426 valence electrons. The van der Waals surface area contributed by atoms with E-state index in [4.69, 9.17) is 14.2 Å². The SMILES string of the molecule is CC/C=C\C/C=C\C/C=C\C/C=C\C/C=C\C/C=C\C/C=C\C/C=C\C/C=C\CCCCCC(=O)OCC(COC(=O)CCCCCCC/C=C\CCC)OC(=O)CCCCCCCCCCCCCCCCCC. The van der Waals surface area contributed by atoms with E-state index in [1.54, 1.807) is 0 Å². The van der Waals surface area contributed by atoms with Crippen LogP contribution < -0.4 is 0 Å². The van der Waals surface area contributed by atoms with Crippen LogP contribution in [0.1, 0.15) is 278 Å². The first-order valence-corrected chi connectivity index (χ1v) is 31.0. The molecule has 0 spiro atoms. The Balaban J connectivity index is 4.32. The number of rotatable bonds is 55. The fourth-order valence-corrected chi connectivity index (χ4v) is 8.32. The van der Waals surface area contributed by atoms with Gasteiger partial charge < -0.3 is 14.2 Å². The standard InChI is InChI=1S/C69H114O6/c1-4-7-10-13-16-19-22-24-26-28-29-30-31-32-33-34-35-36-37-38-39-40-41-42-44-45-47-50-53-56-59-62-68(71)74-65-66(64-73-67(70)61-58-55-52-49-21-18-15-12-9-6-3)75-69(72)63-60-57-54-51-48-46-43-27-25-23-20-17-14-11-8-5-2/h7,10,12,15-16,19,24,26,29-30,32-33,35-36,38-39,41-42,45,47,66H,4-6,8-9,11,13-14,17-18,20-23,25,27-28,31,34,37,40,43-44,46,48-65H2,1-3H3/b10-7-,15-12-,19-16-,26-24-,30-29-,33-32-,36-35-,39-38-,42-41-,47-45-. The van der Waals surface area contributed by atoms with Crippen LogP contribution >= 0.6 is 0 Å². The first-order chi connectivity index (χ1) is 37.0. The van der Waals surface area contributed by atoms with Crippen LogP contribution in [0, 0.1) is 0 Å².